The molecule has 2 unspecified atom stereocenters. The third-order valence-electron chi connectivity index (χ3n) is 7.38. The Hall–Kier alpha value is 1.13. The maximum absolute atomic E-state index is 2.61. The molecule has 0 nitrogen and oxygen atoms in total. The lowest BCUT2D eigenvalue weighted by molar-refractivity contribution is 0.334. The maximum Gasteiger partial charge on any atom is 0.0340 e. The van der Waals surface area contributed by atoms with Crippen molar-refractivity contribution in [3.63, 3.8) is 0 Å². The van der Waals surface area contributed by atoms with Crippen LogP contribution >= 0.6 is 21.6 Å². The molecule has 0 bridgehead atoms. The smallest absolute Gasteiger partial charge is 0.0340 e. The SMILES string of the molecule is C[SiH](C)C(CCSSCCC(C1CCCCC1)[SiH](C)C)C1CCCCC1. The fourth-order valence-corrected chi connectivity index (χ4v) is 13.2. The van der Waals surface area contributed by atoms with E-state index in [0.717, 1.165) is 22.9 Å². The van der Waals surface area contributed by atoms with Crippen molar-refractivity contribution in [1.29, 1.82) is 0 Å². The molecule has 2 atom stereocenters. The number of hydrogen-bond acceptors (Lipinski definition) is 2. The molecule has 0 N–H and O–H groups in total. The van der Waals surface area contributed by atoms with Gasteiger partial charge in [-0.05, 0) is 35.8 Å². The molecular weight excluding hydrogens is 385 g/mol. The Balaban J connectivity index is 1.62. The van der Waals surface area contributed by atoms with Gasteiger partial charge in [-0.3, -0.25) is 0 Å². The maximum atomic E-state index is 2.61. The largest absolute Gasteiger partial charge is 0.0942 e. The zero-order chi connectivity index (χ0) is 18.8. The summed E-state index contributed by atoms with van der Waals surface area (Å²) in [6, 6.07) is 0. The van der Waals surface area contributed by atoms with Crippen LogP contribution in [0.4, 0.5) is 0 Å². The summed E-state index contributed by atoms with van der Waals surface area (Å²) in [5.74, 6) is 5.04. The van der Waals surface area contributed by atoms with E-state index in [0.29, 0.717) is 0 Å². The van der Waals surface area contributed by atoms with Gasteiger partial charge in [0.2, 0.25) is 0 Å². The van der Waals surface area contributed by atoms with Gasteiger partial charge in [-0.1, -0.05) is 112 Å². The highest BCUT2D eigenvalue weighted by Crippen LogP contribution is 2.41. The minimum absolute atomic E-state index is 0.484. The van der Waals surface area contributed by atoms with Crippen molar-refractivity contribution >= 4 is 39.2 Å². The van der Waals surface area contributed by atoms with Gasteiger partial charge < -0.3 is 0 Å². The van der Waals surface area contributed by atoms with Crippen LogP contribution in [0.5, 0.6) is 0 Å². The molecule has 2 aliphatic rings. The van der Waals surface area contributed by atoms with E-state index in [1.165, 1.54) is 62.9 Å². The second-order valence-electron chi connectivity index (χ2n) is 9.83. The lowest BCUT2D eigenvalue weighted by Crippen LogP contribution is -2.24. The molecule has 0 aromatic carbocycles. The first-order valence-electron chi connectivity index (χ1n) is 11.8. The van der Waals surface area contributed by atoms with Crippen LogP contribution in [0, 0.1) is 11.8 Å². The summed E-state index contributed by atoms with van der Waals surface area (Å²) < 4.78 is 0. The van der Waals surface area contributed by atoms with E-state index < -0.39 is 17.6 Å². The Kier molecular flexibility index (Phi) is 12.0. The Morgan fingerprint density at radius 3 is 1.27 bits per heavy atom. The lowest BCUT2D eigenvalue weighted by Gasteiger charge is -2.33. The van der Waals surface area contributed by atoms with Crippen molar-refractivity contribution in [2.75, 3.05) is 11.5 Å². The van der Waals surface area contributed by atoms with Crippen LogP contribution in [0.15, 0.2) is 0 Å². The molecule has 0 heterocycles. The summed E-state index contributed by atoms with van der Waals surface area (Å²) in [6.45, 7) is 10.4. The summed E-state index contributed by atoms with van der Waals surface area (Å²) in [7, 11) is 3.47. The summed E-state index contributed by atoms with van der Waals surface area (Å²) in [5.41, 5.74) is 2.25. The predicted molar refractivity (Wildman–Crippen MR) is 133 cm³/mol. The van der Waals surface area contributed by atoms with E-state index in [4.69, 9.17) is 0 Å². The van der Waals surface area contributed by atoms with Gasteiger partial charge in [0.25, 0.3) is 0 Å². The molecule has 0 radical (unpaired) electrons. The molecule has 0 spiro atoms. The first-order valence-corrected chi connectivity index (χ1v) is 20.3. The molecule has 26 heavy (non-hydrogen) atoms. The fraction of sp³-hybridized carbons (Fsp3) is 1.00. The molecule has 2 aliphatic carbocycles. The minimum Gasteiger partial charge on any atom is -0.0942 e. The molecule has 2 rings (SSSR count). The monoisotopic (exact) mass is 430 g/mol. The van der Waals surface area contributed by atoms with Gasteiger partial charge in [-0.25, -0.2) is 0 Å². The standard InChI is InChI=1S/C22H46S2Si2/c1-25(2)21(19-11-7-5-8-12-19)15-17-23-24-18-16-22(26(3)4)20-13-9-6-10-14-20/h19-22,25-26H,5-18H2,1-4H3. The first kappa shape index (κ1) is 23.4. The second kappa shape index (κ2) is 13.4. The van der Waals surface area contributed by atoms with Crippen molar-refractivity contribution in [2.45, 2.75) is 114 Å². The third kappa shape index (κ3) is 8.25. The average molecular weight is 431 g/mol. The van der Waals surface area contributed by atoms with Crippen molar-refractivity contribution < 1.29 is 0 Å². The van der Waals surface area contributed by atoms with Crippen LogP contribution in [-0.2, 0) is 0 Å². The molecule has 2 fully saturated rings. The molecule has 0 aromatic heterocycles. The fourth-order valence-electron chi connectivity index (χ4n) is 5.84. The van der Waals surface area contributed by atoms with Crippen LogP contribution < -0.4 is 0 Å². The van der Waals surface area contributed by atoms with Gasteiger partial charge in [-0.15, -0.1) is 0 Å². The quantitative estimate of drug-likeness (QED) is 0.185. The van der Waals surface area contributed by atoms with Gasteiger partial charge in [0, 0.05) is 29.1 Å². The molecule has 0 saturated heterocycles. The molecule has 0 aromatic rings. The van der Waals surface area contributed by atoms with Gasteiger partial charge in [0.1, 0.15) is 0 Å². The predicted octanol–water partition coefficient (Wildman–Crippen LogP) is 8.02. The topological polar surface area (TPSA) is 0 Å². The lowest BCUT2D eigenvalue weighted by atomic mass is 9.86. The van der Waals surface area contributed by atoms with Crippen molar-refractivity contribution in [2.24, 2.45) is 11.8 Å². The van der Waals surface area contributed by atoms with Crippen LogP contribution in [0.2, 0.25) is 37.3 Å². The van der Waals surface area contributed by atoms with Gasteiger partial charge in [-0.2, -0.15) is 0 Å². The van der Waals surface area contributed by atoms with Crippen LogP contribution in [0.3, 0.4) is 0 Å². The van der Waals surface area contributed by atoms with E-state index in [1.54, 1.807) is 25.7 Å². The van der Waals surface area contributed by atoms with Gasteiger partial charge in [0.15, 0.2) is 0 Å². The summed E-state index contributed by atoms with van der Waals surface area (Å²) in [6.07, 6.45) is 18.4. The molecule has 0 aliphatic heterocycles. The number of hydrogen-bond donors (Lipinski definition) is 0. The van der Waals surface area contributed by atoms with Crippen molar-refractivity contribution in [1.82, 2.24) is 0 Å². The van der Waals surface area contributed by atoms with E-state index in [9.17, 15) is 0 Å². The summed E-state index contributed by atoms with van der Waals surface area (Å²) in [5, 5.41) is 0. The highest BCUT2D eigenvalue weighted by Gasteiger charge is 2.27. The highest BCUT2D eigenvalue weighted by atomic mass is 33.1. The Morgan fingerprint density at radius 2 is 0.962 bits per heavy atom. The number of rotatable bonds is 11. The van der Waals surface area contributed by atoms with E-state index in [2.05, 4.69) is 47.8 Å². The molecule has 4 heteroatoms. The Labute approximate surface area is 176 Å². The van der Waals surface area contributed by atoms with E-state index in [-0.39, 0.29) is 0 Å². The molecule has 2 saturated carbocycles. The minimum atomic E-state index is -0.484. The average Bonchev–Trinajstić information content (AvgIpc) is 2.65. The zero-order valence-electron chi connectivity index (χ0n) is 18.2. The van der Waals surface area contributed by atoms with Gasteiger partial charge in [0.05, 0.1) is 0 Å². The van der Waals surface area contributed by atoms with Crippen molar-refractivity contribution in [3.8, 4) is 0 Å². The second-order valence-corrected chi connectivity index (χ2v) is 19.2. The third-order valence-corrected chi connectivity index (χ3v) is 15.0. The van der Waals surface area contributed by atoms with Crippen molar-refractivity contribution in [3.05, 3.63) is 0 Å². The highest BCUT2D eigenvalue weighted by molar-refractivity contribution is 8.76. The van der Waals surface area contributed by atoms with Crippen LogP contribution in [-0.4, -0.2) is 29.1 Å². The normalized spacial score (nSPS) is 22.8. The van der Waals surface area contributed by atoms with Crippen LogP contribution in [0.25, 0.3) is 0 Å². The summed E-state index contributed by atoms with van der Waals surface area (Å²) >= 11 is 0. The molecule has 154 valence electrons. The Bertz CT molecular complexity index is 316. The summed E-state index contributed by atoms with van der Waals surface area (Å²) in [4.78, 5) is 0. The first-order chi connectivity index (χ1) is 12.6. The van der Waals surface area contributed by atoms with E-state index >= 15 is 0 Å². The molecule has 0 amide bonds. The Morgan fingerprint density at radius 1 is 0.615 bits per heavy atom. The van der Waals surface area contributed by atoms with Gasteiger partial charge >= 0.3 is 0 Å². The zero-order valence-corrected chi connectivity index (χ0v) is 22.1. The van der Waals surface area contributed by atoms with E-state index in [1.807, 2.05) is 0 Å². The molecular formula is C22H46S2Si2. The van der Waals surface area contributed by atoms with Crippen LogP contribution in [0.1, 0.15) is 77.0 Å².